The maximum absolute atomic E-state index is 12.5. The molecule has 2 nitrogen and oxygen atoms in total. The van der Waals surface area contributed by atoms with Crippen molar-refractivity contribution < 1.29 is 4.79 Å². The second kappa shape index (κ2) is 7.12. The quantitative estimate of drug-likeness (QED) is 0.750. The van der Waals surface area contributed by atoms with Gasteiger partial charge in [0, 0.05) is 24.5 Å². The van der Waals surface area contributed by atoms with E-state index in [0.717, 1.165) is 29.9 Å². The minimum atomic E-state index is 0.131. The van der Waals surface area contributed by atoms with Crippen LogP contribution in [0.5, 0.6) is 0 Å². The van der Waals surface area contributed by atoms with Gasteiger partial charge in [0.25, 0.3) is 5.91 Å². The van der Waals surface area contributed by atoms with Gasteiger partial charge < -0.3 is 4.90 Å². The van der Waals surface area contributed by atoms with Gasteiger partial charge in [0.1, 0.15) is 0 Å². The van der Waals surface area contributed by atoms with Crippen molar-refractivity contribution in [3.63, 3.8) is 0 Å². The van der Waals surface area contributed by atoms with Crippen LogP contribution in [0.1, 0.15) is 54.9 Å². The second-order valence-corrected chi connectivity index (χ2v) is 6.10. The number of amides is 1. The second-order valence-electron chi connectivity index (χ2n) is 5.83. The third-order valence-electron chi connectivity index (χ3n) is 4.62. The lowest BCUT2D eigenvalue weighted by molar-refractivity contribution is 0.0674. The number of halogens is 1. The summed E-state index contributed by atoms with van der Waals surface area (Å²) in [5.74, 6) is 1.48. The van der Waals surface area contributed by atoms with E-state index in [-0.39, 0.29) is 5.91 Å². The molecule has 20 heavy (non-hydrogen) atoms. The molecule has 2 rings (SSSR count). The third kappa shape index (κ3) is 3.54. The summed E-state index contributed by atoms with van der Waals surface area (Å²) in [4.78, 5) is 14.4. The molecule has 110 valence electrons. The van der Waals surface area contributed by atoms with E-state index in [1.54, 1.807) is 0 Å². The molecular formula is C17H24ClNO. The highest BCUT2D eigenvalue weighted by atomic mass is 35.5. The Morgan fingerprint density at radius 3 is 2.30 bits per heavy atom. The number of alkyl halides is 1. The van der Waals surface area contributed by atoms with Gasteiger partial charge in [-0.05, 0) is 49.3 Å². The van der Waals surface area contributed by atoms with Crippen LogP contribution in [0.2, 0.25) is 0 Å². The minimum absolute atomic E-state index is 0.131. The molecule has 1 aliphatic carbocycles. The molecule has 0 heterocycles. The number of nitrogens with zero attached hydrogens (tertiary/aromatic N) is 1. The molecule has 0 spiro atoms. The van der Waals surface area contributed by atoms with Crippen LogP contribution in [0.25, 0.3) is 0 Å². The maximum atomic E-state index is 12.5. The summed E-state index contributed by atoms with van der Waals surface area (Å²) in [6.45, 7) is 2.26. The van der Waals surface area contributed by atoms with Crippen molar-refractivity contribution in [3.05, 3.63) is 35.4 Å². The first-order valence-electron chi connectivity index (χ1n) is 7.57. The number of benzene rings is 1. The molecule has 0 atom stereocenters. The molecule has 0 aliphatic heterocycles. The van der Waals surface area contributed by atoms with E-state index in [2.05, 4.69) is 6.92 Å². The van der Waals surface area contributed by atoms with Crippen LogP contribution < -0.4 is 0 Å². The normalized spacial score (nSPS) is 22.6. The van der Waals surface area contributed by atoms with E-state index in [0.29, 0.717) is 11.9 Å². The Labute approximate surface area is 127 Å². The summed E-state index contributed by atoms with van der Waals surface area (Å²) in [6, 6.07) is 8.03. The van der Waals surface area contributed by atoms with Crippen molar-refractivity contribution in [2.45, 2.75) is 50.9 Å². The summed E-state index contributed by atoms with van der Waals surface area (Å²) in [7, 11) is 1.94. The predicted octanol–water partition coefficient (Wildman–Crippen LogP) is 4.47. The molecule has 0 aromatic heterocycles. The van der Waals surface area contributed by atoms with Crippen LogP contribution in [0.4, 0.5) is 0 Å². The summed E-state index contributed by atoms with van der Waals surface area (Å²) in [5.41, 5.74) is 1.81. The Balaban J connectivity index is 1.97. The molecule has 1 amide bonds. The van der Waals surface area contributed by atoms with E-state index in [1.165, 1.54) is 19.3 Å². The Morgan fingerprint density at radius 1 is 1.20 bits per heavy atom. The Morgan fingerprint density at radius 2 is 1.80 bits per heavy atom. The number of hydrogen-bond donors (Lipinski definition) is 0. The Hall–Kier alpha value is -1.02. The van der Waals surface area contributed by atoms with Gasteiger partial charge in [-0.25, -0.2) is 0 Å². The first kappa shape index (κ1) is 15.4. The number of rotatable bonds is 4. The van der Waals surface area contributed by atoms with Crippen LogP contribution >= 0.6 is 11.6 Å². The molecule has 1 aromatic carbocycles. The molecular weight excluding hydrogens is 270 g/mol. The van der Waals surface area contributed by atoms with Crippen molar-refractivity contribution in [2.75, 3.05) is 7.05 Å². The van der Waals surface area contributed by atoms with E-state index < -0.39 is 0 Å². The van der Waals surface area contributed by atoms with E-state index in [1.807, 2.05) is 36.2 Å². The molecule has 1 aromatic rings. The van der Waals surface area contributed by atoms with Gasteiger partial charge in [-0.15, -0.1) is 11.6 Å². The van der Waals surface area contributed by atoms with Crippen LogP contribution in [-0.4, -0.2) is 23.9 Å². The van der Waals surface area contributed by atoms with E-state index in [9.17, 15) is 4.79 Å². The van der Waals surface area contributed by atoms with E-state index in [4.69, 9.17) is 11.6 Å². The highest BCUT2D eigenvalue weighted by Gasteiger charge is 2.26. The number of carbonyl (C=O) groups is 1. The van der Waals surface area contributed by atoms with Gasteiger partial charge in [0.05, 0.1) is 0 Å². The lowest BCUT2D eigenvalue weighted by Gasteiger charge is -2.34. The Kier molecular flexibility index (Phi) is 5.47. The lowest BCUT2D eigenvalue weighted by Crippen LogP contribution is -2.39. The highest BCUT2D eigenvalue weighted by molar-refractivity contribution is 6.17. The van der Waals surface area contributed by atoms with Gasteiger partial charge in [-0.1, -0.05) is 25.5 Å². The predicted molar refractivity (Wildman–Crippen MR) is 84.1 cm³/mol. The van der Waals surface area contributed by atoms with E-state index >= 15 is 0 Å². The summed E-state index contributed by atoms with van der Waals surface area (Å²) in [5, 5.41) is 0. The molecule has 0 radical (unpaired) electrons. The molecule has 0 N–H and O–H groups in total. The molecule has 1 fully saturated rings. The SMILES string of the molecule is CCC1CCC(N(C)C(=O)c2ccc(CCl)cc2)CC1. The van der Waals surface area contributed by atoms with Crippen molar-refractivity contribution in [2.24, 2.45) is 5.92 Å². The zero-order valence-corrected chi connectivity index (χ0v) is 13.2. The molecule has 3 heteroatoms. The minimum Gasteiger partial charge on any atom is -0.339 e. The van der Waals surface area contributed by atoms with Gasteiger partial charge in [-0.2, -0.15) is 0 Å². The first-order valence-corrected chi connectivity index (χ1v) is 8.11. The van der Waals surface area contributed by atoms with Crippen molar-refractivity contribution in [1.82, 2.24) is 4.90 Å². The maximum Gasteiger partial charge on any atom is 0.253 e. The summed E-state index contributed by atoms with van der Waals surface area (Å²) < 4.78 is 0. The topological polar surface area (TPSA) is 20.3 Å². The highest BCUT2D eigenvalue weighted by Crippen LogP contribution is 2.29. The molecule has 0 bridgehead atoms. The standard InChI is InChI=1S/C17H24ClNO/c1-3-13-6-10-16(11-7-13)19(2)17(20)15-8-4-14(12-18)5-9-15/h4-5,8-9,13,16H,3,6-7,10-12H2,1-2H3. The molecule has 0 unspecified atom stereocenters. The van der Waals surface area contributed by atoms with Gasteiger partial charge >= 0.3 is 0 Å². The molecule has 1 aliphatic rings. The first-order chi connectivity index (χ1) is 9.65. The van der Waals surface area contributed by atoms with Crippen LogP contribution in [0, 0.1) is 5.92 Å². The molecule has 0 saturated heterocycles. The third-order valence-corrected chi connectivity index (χ3v) is 4.93. The smallest absolute Gasteiger partial charge is 0.253 e. The zero-order chi connectivity index (χ0) is 14.5. The zero-order valence-electron chi connectivity index (χ0n) is 12.4. The summed E-state index contributed by atoms with van der Waals surface area (Å²) >= 11 is 5.78. The van der Waals surface area contributed by atoms with Crippen molar-refractivity contribution >= 4 is 17.5 Å². The fraction of sp³-hybridized carbons (Fsp3) is 0.588. The fourth-order valence-electron chi connectivity index (χ4n) is 3.05. The Bertz CT molecular complexity index is 435. The van der Waals surface area contributed by atoms with Crippen LogP contribution in [0.3, 0.4) is 0 Å². The largest absolute Gasteiger partial charge is 0.339 e. The van der Waals surface area contributed by atoms with Crippen LogP contribution in [0.15, 0.2) is 24.3 Å². The monoisotopic (exact) mass is 293 g/mol. The van der Waals surface area contributed by atoms with Gasteiger partial charge in [-0.3, -0.25) is 4.79 Å². The van der Waals surface area contributed by atoms with Crippen molar-refractivity contribution in [1.29, 1.82) is 0 Å². The average Bonchev–Trinajstić information content (AvgIpc) is 2.53. The number of hydrogen-bond acceptors (Lipinski definition) is 1. The average molecular weight is 294 g/mol. The number of carbonyl (C=O) groups excluding carboxylic acids is 1. The summed E-state index contributed by atoms with van der Waals surface area (Å²) in [6.07, 6.45) is 6.05. The van der Waals surface area contributed by atoms with Crippen LogP contribution in [-0.2, 0) is 5.88 Å². The van der Waals surface area contributed by atoms with Crippen molar-refractivity contribution in [3.8, 4) is 0 Å². The molecule has 1 saturated carbocycles. The van der Waals surface area contributed by atoms with Gasteiger partial charge in [0.2, 0.25) is 0 Å². The lowest BCUT2D eigenvalue weighted by atomic mass is 9.84. The fourth-order valence-corrected chi connectivity index (χ4v) is 3.22. The van der Waals surface area contributed by atoms with Gasteiger partial charge in [0.15, 0.2) is 0 Å².